The summed E-state index contributed by atoms with van der Waals surface area (Å²) in [6.07, 6.45) is 1.82. The second-order valence-corrected chi connectivity index (χ2v) is 9.15. The van der Waals surface area contributed by atoms with E-state index in [1.807, 2.05) is 79.7 Å². The standard InChI is InChI=1S/C26H22N2O3S2/c1-18-7-5-6-10-22(18)27-24(29)17-31-21-13-11-19(12-14-21)15-23-25(30)28(26(32)33-23)16-20-8-3-2-4-9-20/h2-15H,16-17H2,1H3,(H,27,29)/b23-15+. The van der Waals surface area contributed by atoms with Crippen LogP contribution < -0.4 is 10.1 Å². The molecule has 0 radical (unpaired) electrons. The van der Waals surface area contributed by atoms with Gasteiger partial charge in [0.05, 0.1) is 11.4 Å². The number of nitrogens with one attached hydrogen (secondary N) is 1. The Morgan fingerprint density at radius 2 is 1.73 bits per heavy atom. The third-order valence-electron chi connectivity index (χ3n) is 5.02. The number of aryl methyl sites for hydroxylation is 1. The summed E-state index contributed by atoms with van der Waals surface area (Å²) in [5.74, 6) is 0.251. The Morgan fingerprint density at radius 3 is 2.45 bits per heavy atom. The van der Waals surface area contributed by atoms with Gasteiger partial charge in [0.1, 0.15) is 10.1 Å². The van der Waals surface area contributed by atoms with Gasteiger partial charge in [-0.3, -0.25) is 14.5 Å². The van der Waals surface area contributed by atoms with E-state index in [1.54, 1.807) is 17.0 Å². The molecule has 2 amide bonds. The van der Waals surface area contributed by atoms with Crippen LogP contribution in [0.1, 0.15) is 16.7 Å². The minimum absolute atomic E-state index is 0.0914. The van der Waals surface area contributed by atoms with Gasteiger partial charge in [-0.15, -0.1) is 0 Å². The number of hydrogen-bond donors (Lipinski definition) is 1. The zero-order valence-corrected chi connectivity index (χ0v) is 19.6. The van der Waals surface area contributed by atoms with Crippen LogP contribution in [0.4, 0.5) is 5.69 Å². The molecule has 5 nitrogen and oxygen atoms in total. The number of amides is 2. The number of nitrogens with zero attached hydrogens (tertiary/aromatic N) is 1. The first-order chi connectivity index (χ1) is 16.0. The van der Waals surface area contributed by atoms with Crippen LogP contribution in [0.5, 0.6) is 5.75 Å². The van der Waals surface area contributed by atoms with Crippen molar-refractivity contribution in [3.8, 4) is 5.75 Å². The number of hydrogen-bond acceptors (Lipinski definition) is 5. The Morgan fingerprint density at radius 1 is 1.03 bits per heavy atom. The number of carbonyl (C=O) groups excluding carboxylic acids is 2. The number of ether oxygens (including phenoxy) is 1. The SMILES string of the molecule is Cc1ccccc1NC(=O)COc1ccc(/C=C2/SC(=S)N(Cc3ccccc3)C2=O)cc1. The highest BCUT2D eigenvalue weighted by atomic mass is 32.2. The summed E-state index contributed by atoms with van der Waals surface area (Å²) in [5.41, 5.74) is 3.64. The first kappa shape index (κ1) is 22.8. The van der Waals surface area contributed by atoms with Gasteiger partial charge in [-0.1, -0.05) is 84.6 Å². The molecule has 0 unspecified atom stereocenters. The van der Waals surface area contributed by atoms with Gasteiger partial charge in [0, 0.05) is 5.69 Å². The van der Waals surface area contributed by atoms with E-state index >= 15 is 0 Å². The molecule has 1 N–H and O–H groups in total. The van der Waals surface area contributed by atoms with Crippen molar-refractivity contribution in [3.63, 3.8) is 0 Å². The smallest absolute Gasteiger partial charge is 0.266 e. The van der Waals surface area contributed by atoms with Gasteiger partial charge in [0.2, 0.25) is 0 Å². The summed E-state index contributed by atoms with van der Waals surface area (Å²) >= 11 is 6.71. The van der Waals surface area contributed by atoms with Crippen LogP contribution >= 0.6 is 24.0 Å². The minimum atomic E-state index is -0.226. The van der Waals surface area contributed by atoms with E-state index in [1.165, 1.54) is 11.8 Å². The summed E-state index contributed by atoms with van der Waals surface area (Å²) < 4.78 is 6.14. The average Bonchev–Trinajstić information content (AvgIpc) is 3.08. The van der Waals surface area contributed by atoms with E-state index in [0.29, 0.717) is 21.5 Å². The highest BCUT2D eigenvalue weighted by Gasteiger charge is 2.31. The molecule has 3 aromatic carbocycles. The molecule has 0 atom stereocenters. The fourth-order valence-corrected chi connectivity index (χ4v) is 4.52. The van der Waals surface area contributed by atoms with Crippen LogP contribution in [0.25, 0.3) is 6.08 Å². The fraction of sp³-hybridized carbons (Fsp3) is 0.115. The van der Waals surface area contributed by atoms with Crippen molar-refractivity contribution in [2.75, 3.05) is 11.9 Å². The molecule has 1 saturated heterocycles. The molecular formula is C26H22N2O3S2. The Hall–Kier alpha value is -3.42. The third kappa shape index (κ3) is 5.88. The molecule has 1 fully saturated rings. The van der Waals surface area contributed by atoms with E-state index in [0.717, 1.165) is 22.4 Å². The zero-order chi connectivity index (χ0) is 23.2. The molecule has 0 aliphatic carbocycles. The lowest BCUT2D eigenvalue weighted by Gasteiger charge is -2.14. The quantitative estimate of drug-likeness (QED) is 0.366. The van der Waals surface area contributed by atoms with E-state index in [2.05, 4.69) is 5.32 Å². The molecule has 4 rings (SSSR count). The lowest BCUT2D eigenvalue weighted by molar-refractivity contribution is -0.122. The topological polar surface area (TPSA) is 58.6 Å². The average molecular weight is 475 g/mol. The molecular weight excluding hydrogens is 452 g/mol. The molecule has 166 valence electrons. The maximum atomic E-state index is 12.8. The highest BCUT2D eigenvalue weighted by Crippen LogP contribution is 2.33. The van der Waals surface area contributed by atoms with E-state index in [4.69, 9.17) is 17.0 Å². The highest BCUT2D eigenvalue weighted by molar-refractivity contribution is 8.26. The molecule has 1 heterocycles. The summed E-state index contributed by atoms with van der Waals surface area (Å²) in [4.78, 5) is 27.2. The maximum Gasteiger partial charge on any atom is 0.266 e. The molecule has 33 heavy (non-hydrogen) atoms. The molecule has 0 aromatic heterocycles. The van der Waals surface area contributed by atoms with Gasteiger partial charge >= 0.3 is 0 Å². The predicted molar refractivity (Wildman–Crippen MR) is 137 cm³/mol. The van der Waals surface area contributed by atoms with Crippen molar-refractivity contribution in [1.82, 2.24) is 4.90 Å². The van der Waals surface area contributed by atoms with Gasteiger partial charge in [-0.2, -0.15) is 0 Å². The number of benzene rings is 3. The van der Waals surface area contributed by atoms with Crippen LogP contribution in [-0.2, 0) is 16.1 Å². The van der Waals surface area contributed by atoms with Gasteiger partial charge in [-0.05, 0) is 47.9 Å². The lowest BCUT2D eigenvalue weighted by atomic mass is 10.2. The van der Waals surface area contributed by atoms with Crippen LogP contribution in [-0.4, -0.2) is 27.6 Å². The molecule has 0 bridgehead atoms. The van der Waals surface area contributed by atoms with Crippen molar-refractivity contribution in [1.29, 1.82) is 0 Å². The van der Waals surface area contributed by atoms with Crippen molar-refractivity contribution >= 4 is 51.9 Å². The van der Waals surface area contributed by atoms with Crippen LogP contribution in [0.15, 0.2) is 83.8 Å². The zero-order valence-electron chi connectivity index (χ0n) is 18.0. The van der Waals surface area contributed by atoms with Crippen molar-refractivity contribution in [2.45, 2.75) is 13.5 Å². The van der Waals surface area contributed by atoms with Crippen LogP contribution in [0.2, 0.25) is 0 Å². The Labute approximate surface area is 202 Å². The predicted octanol–water partition coefficient (Wildman–Crippen LogP) is 5.41. The maximum absolute atomic E-state index is 12.8. The number of thiocarbonyl (C=S) groups is 1. The molecule has 1 aliphatic heterocycles. The summed E-state index contributed by atoms with van der Waals surface area (Å²) in [5, 5.41) is 2.84. The van der Waals surface area contributed by atoms with Gasteiger partial charge in [0.25, 0.3) is 11.8 Å². The van der Waals surface area contributed by atoms with Crippen LogP contribution in [0.3, 0.4) is 0 Å². The summed E-state index contributed by atoms with van der Waals surface area (Å²) in [7, 11) is 0. The van der Waals surface area contributed by atoms with Gasteiger partial charge in [0.15, 0.2) is 6.61 Å². The second-order valence-electron chi connectivity index (χ2n) is 7.47. The number of para-hydroxylation sites is 1. The Balaban J connectivity index is 1.34. The first-order valence-corrected chi connectivity index (χ1v) is 11.6. The van der Waals surface area contributed by atoms with Gasteiger partial charge < -0.3 is 10.1 Å². The largest absolute Gasteiger partial charge is 0.484 e. The number of rotatable bonds is 7. The van der Waals surface area contributed by atoms with Crippen LogP contribution in [0, 0.1) is 6.92 Å². The minimum Gasteiger partial charge on any atom is -0.484 e. The molecule has 7 heteroatoms. The number of anilines is 1. The normalized spacial score (nSPS) is 14.6. The van der Waals surface area contributed by atoms with Crippen molar-refractivity contribution in [2.24, 2.45) is 0 Å². The second kappa shape index (κ2) is 10.5. The van der Waals surface area contributed by atoms with Crippen molar-refractivity contribution in [3.05, 3.63) is 100 Å². The molecule has 0 spiro atoms. The lowest BCUT2D eigenvalue weighted by Crippen LogP contribution is -2.27. The summed E-state index contributed by atoms with van der Waals surface area (Å²) in [6, 6.07) is 24.6. The first-order valence-electron chi connectivity index (χ1n) is 10.4. The van der Waals surface area contributed by atoms with E-state index in [9.17, 15) is 9.59 Å². The Bertz CT molecular complexity index is 1210. The van der Waals surface area contributed by atoms with Gasteiger partial charge in [-0.25, -0.2) is 0 Å². The molecule has 3 aromatic rings. The van der Waals surface area contributed by atoms with E-state index in [-0.39, 0.29) is 18.4 Å². The monoisotopic (exact) mass is 474 g/mol. The summed E-state index contributed by atoms with van der Waals surface area (Å²) in [6.45, 7) is 2.30. The Kier molecular flexibility index (Phi) is 7.22. The molecule has 0 saturated carbocycles. The van der Waals surface area contributed by atoms with E-state index < -0.39 is 0 Å². The fourth-order valence-electron chi connectivity index (χ4n) is 3.26. The number of thioether (sulfide) groups is 1. The molecule has 1 aliphatic rings. The number of carbonyl (C=O) groups is 2. The third-order valence-corrected chi connectivity index (χ3v) is 6.40. The van der Waals surface area contributed by atoms with Crippen molar-refractivity contribution < 1.29 is 14.3 Å².